The van der Waals surface area contributed by atoms with E-state index in [2.05, 4.69) is 10.1 Å². The third-order valence-electron chi connectivity index (χ3n) is 8.20. The molecule has 0 radical (unpaired) electrons. The summed E-state index contributed by atoms with van der Waals surface area (Å²) in [4.78, 5) is 15.4. The van der Waals surface area contributed by atoms with Crippen molar-refractivity contribution >= 4 is 35.2 Å². The molecule has 0 amide bonds. The first-order valence-electron chi connectivity index (χ1n) is 13.2. The summed E-state index contributed by atoms with van der Waals surface area (Å²) in [6.07, 6.45) is 7.19. The highest BCUT2D eigenvalue weighted by atomic mass is 35.5. The van der Waals surface area contributed by atoms with Crippen molar-refractivity contribution in [3.8, 4) is 17.0 Å². The lowest BCUT2D eigenvalue weighted by Gasteiger charge is -2.51. The maximum absolute atomic E-state index is 13.3. The quantitative estimate of drug-likeness (QED) is 0.276. The van der Waals surface area contributed by atoms with E-state index >= 15 is 0 Å². The monoisotopic (exact) mass is 608 g/mol. The molecule has 7 rings (SSSR count). The molecule has 0 unspecified atom stereocenters. The van der Waals surface area contributed by atoms with Gasteiger partial charge in [-0.2, -0.15) is 13.2 Å². The highest BCUT2D eigenvalue weighted by Gasteiger charge is 2.49. The second kappa shape index (κ2) is 10.3. The number of hydrogen-bond donors (Lipinski definition) is 1. The van der Waals surface area contributed by atoms with Gasteiger partial charge in [-0.15, -0.1) is 0 Å². The van der Waals surface area contributed by atoms with Crippen molar-refractivity contribution < 1.29 is 37.1 Å². The van der Waals surface area contributed by atoms with Crippen molar-refractivity contribution in [2.75, 3.05) is 13.2 Å². The van der Waals surface area contributed by atoms with E-state index in [1.54, 1.807) is 0 Å². The normalized spacial score (nSPS) is 24.2. The Morgan fingerprint density at radius 3 is 2.41 bits per heavy atom. The molecule has 4 fully saturated rings. The molecule has 216 valence electrons. The standard InChI is InChI=1S/C29H25Cl2F3N2O5/c30-21-12-35-13-22(31)23(21)24-20(25(41-36-24)16-1-2-16)3-4-28-7-5-27(6-8-28,15-40-28)14-39-19-10-17(26(37)38)9-18(11-19)29(32,33)34/h3-4,9-13,16H,1-2,5-8,14-15H2,(H,37,38). The minimum atomic E-state index is -4.69. The number of nitrogens with zero attached hydrogens (tertiary/aromatic N) is 2. The summed E-state index contributed by atoms with van der Waals surface area (Å²) in [5.74, 6) is -0.514. The van der Waals surface area contributed by atoms with Gasteiger partial charge in [-0.1, -0.05) is 40.5 Å². The molecule has 0 atom stereocenters. The van der Waals surface area contributed by atoms with Gasteiger partial charge in [-0.25, -0.2) is 4.79 Å². The first-order valence-corrected chi connectivity index (χ1v) is 13.9. The van der Waals surface area contributed by atoms with E-state index in [0.717, 1.165) is 49.1 Å². The van der Waals surface area contributed by atoms with Crippen molar-refractivity contribution in [1.29, 1.82) is 0 Å². The Kier molecular flexibility index (Phi) is 7.07. The predicted molar refractivity (Wildman–Crippen MR) is 144 cm³/mol. The fraction of sp³-hybridized carbons (Fsp3) is 0.414. The van der Waals surface area contributed by atoms with Crippen LogP contribution in [0.25, 0.3) is 17.3 Å². The molecule has 2 bridgehead atoms. The van der Waals surface area contributed by atoms with E-state index in [1.165, 1.54) is 12.4 Å². The molecule has 1 N–H and O–H groups in total. The molecule has 2 saturated carbocycles. The van der Waals surface area contributed by atoms with E-state index in [-0.39, 0.29) is 23.7 Å². The van der Waals surface area contributed by atoms with Crippen LogP contribution in [0.3, 0.4) is 0 Å². The zero-order valence-corrected chi connectivity index (χ0v) is 23.2. The number of alkyl halides is 3. The van der Waals surface area contributed by atoms with Crippen LogP contribution in [0, 0.1) is 5.41 Å². The molecule has 1 aromatic carbocycles. The predicted octanol–water partition coefficient (Wildman–Crippen LogP) is 8.06. The number of halogens is 5. The van der Waals surface area contributed by atoms with Gasteiger partial charge in [0.15, 0.2) is 0 Å². The summed E-state index contributed by atoms with van der Waals surface area (Å²) < 4.78 is 57.8. The molecule has 4 heterocycles. The van der Waals surface area contributed by atoms with Crippen LogP contribution in [0.4, 0.5) is 13.2 Å². The fourth-order valence-electron chi connectivity index (χ4n) is 5.56. The minimum Gasteiger partial charge on any atom is -0.493 e. The van der Waals surface area contributed by atoms with E-state index in [1.807, 2.05) is 12.2 Å². The van der Waals surface area contributed by atoms with Crippen LogP contribution < -0.4 is 4.74 Å². The van der Waals surface area contributed by atoms with Crippen LogP contribution >= 0.6 is 23.2 Å². The smallest absolute Gasteiger partial charge is 0.416 e. The van der Waals surface area contributed by atoms with E-state index in [0.29, 0.717) is 46.8 Å². The first-order chi connectivity index (χ1) is 19.5. The lowest BCUT2D eigenvalue weighted by Crippen LogP contribution is -2.52. The lowest BCUT2D eigenvalue weighted by molar-refractivity contribution is -0.167. The molecule has 0 spiro atoms. The van der Waals surface area contributed by atoms with Gasteiger partial charge in [0.1, 0.15) is 17.2 Å². The average molecular weight is 609 g/mol. The van der Waals surface area contributed by atoms with Crippen molar-refractivity contribution in [2.45, 2.75) is 56.2 Å². The molecule has 41 heavy (non-hydrogen) atoms. The molecule has 2 saturated heterocycles. The summed E-state index contributed by atoms with van der Waals surface area (Å²) in [7, 11) is 0. The van der Waals surface area contributed by atoms with Gasteiger partial charge >= 0.3 is 12.1 Å². The molecule has 2 aliphatic carbocycles. The number of aromatic nitrogens is 2. The van der Waals surface area contributed by atoms with E-state index in [4.69, 9.17) is 37.2 Å². The fourth-order valence-corrected chi connectivity index (χ4v) is 6.10. The number of pyridine rings is 1. The Bertz CT molecular complexity index is 1490. The lowest BCUT2D eigenvalue weighted by atomic mass is 9.66. The second-order valence-corrected chi connectivity index (χ2v) is 11.9. The topological polar surface area (TPSA) is 94.7 Å². The molecule has 12 heteroatoms. The number of aromatic carboxylic acids is 1. The van der Waals surface area contributed by atoms with Crippen LogP contribution in [0.2, 0.25) is 10.0 Å². The van der Waals surface area contributed by atoms with Gasteiger partial charge in [0.2, 0.25) is 0 Å². The number of hydrogen-bond acceptors (Lipinski definition) is 6. The van der Waals surface area contributed by atoms with Gasteiger partial charge in [0.25, 0.3) is 0 Å². The number of carboxylic acids is 1. The number of ether oxygens (including phenoxy) is 2. The maximum Gasteiger partial charge on any atom is 0.416 e. The second-order valence-electron chi connectivity index (χ2n) is 11.1. The van der Waals surface area contributed by atoms with Crippen LogP contribution in [-0.4, -0.2) is 40.0 Å². The third kappa shape index (κ3) is 5.57. The number of carbonyl (C=O) groups is 1. The molecule has 3 aromatic rings. The Balaban J connectivity index is 1.19. The molecular formula is C29H25Cl2F3N2O5. The van der Waals surface area contributed by atoms with Crippen molar-refractivity contribution in [3.63, 3.8) is 0 Å². The highest BCUT2D eigenvalue weighted by Crippen LogP contribution is 2.51. The maximum atomic E-state index is 13.3. The van der Waals surface area contributed by atoms with Crippen LogP contribution in [0.1, 0.15) is 71.7 Å². The molecular weight excluding hydrogens is 584 g/mol. The first kappa shape index (κ1) is 28.1. The van der Waals surface area contributed by atoms with E-state index < -0.39 is 28.9 Å². The number of fused-ring (bicyclic) bond motifs is 3. The van der Waals surface area contributed by atoms with E-state index in [9.17, 15) is 23.1 Å². The number of carboxylic acid groups (broad SMARTS) is 1. The Morgan fingerprint density at radius 1 is 1.12 bits per heavy atom. The van der Waals surface area contributed by atoms with Crippen molar-refractivity contribution in [1.82, 2.24) is 10.1 Å². The number of benzene rings is 1. The van der Waals surface area contributed by atoms with Crippen LogP contribution in [0.5, 0.6) is 5.75 Å². The molecule has 4 aliphatic rings. The van der Waals surface area contributed by atoms with Crippen LogP contribution in [0.15, 0.2) is 41.2 Å². The molecule has 2 aromatic heterocycles. The van der Waals surface area contributed by atoms with Gasteiger partial charge in [0.05, 0.1) is 40.0 Å². The summed E-state index contributed by atoms with van der Waals surface area (Å²) in [6, 6.07) is 2.55. The Morgan fingerprint density at radius 2 is 1.83 bits per heavy atom. The van der Waals surface area contributed by atoms with Gasteiger partial charge in [0, 0.05) is 34.9 Å². The highest BCUT2D eigenvalue weighted by molar-refractivity contribution is 6.39. The summed E-state index contributed by atoms with van der Waals surface area (Å²) >= 11 is 12.8. The average Bonchev–Trinajstić information content (AvgIpc) is 3.71. The zero-order valence-electron chi connectivity index (χ0n) is 21.6. The molecule has 7 nitrogen and oxygen atoms in total. The third-order valence-corrected chi connectivity index (χ3v) is 8.77. The van der Waals surface area contributed by atoms with Crippen LogP contribution in [-0.2, 0) is 10.9 Å². The SMILES string of the molecule is O=C(O)c1cc(OCC23CCC(C=Cc4c(-c5c(Cl)cncc5Cl)noc4C4CC4)(CC2)OC3)cc(C(F)(F)F)c1. The number of rotatable bonds is 8. The van der Waals surface area contributed by atoms with Crippen molar-refractivity contribution in [2.24, 2.45) is 5.41 Å². The van der Waals surface area contributed by atoms with Gasteiger partial charge < -0.3 is 19.1 Å². The largest absolute Gasteiger partial charge is 0.493 e. The summed E-state index contributed by atoms with van der Waals surface area (Å²) in [5, 5.41) is 14.3. The minimum absolute atomic E-state index is 0.119. The summed E-state index contributed by atoms with van der Waals surface area (Å²) in [5.41, 5.74) is -0.527. The van der Waals surface area contributed by atoms with Gasteiger partial charge in [-0.3, -0.25) is 4.98 Å². The molecule has 2 aliphatic heterocycles. The zero-order chi connectivity index (χ0) is 29.0. The Hall–Kier alpha value is -3.08. The van der Waals surface area contributed by atoms with Crippen molar-refractivity contribution in [3.05, 3.63) is 69.2 Å². The summed E-state index contributed by atoms with van der Waals surface area (Å²) in [6.45, 7) is 0.476. The Labute approximate surface area is 243 Å². The van der Waals surface area contributed by atoms with Gasteiger partial charge in [-0.05, 0) is 56.7 Å².